The molecule has 0 amide bonds. The van der Waals surface area contributed by atoms with Gasteiger partial charge in [0.1, 0.15) is 18.1 Å². The van der Waals surface area contributed by atoms with Crippen molar-refractivity contribution in [2.45, 2.75) is 181 Å². The highest BCUT2D eigenvalue weighted by Crippen LogP contribution is 2.25. The molecule has 0 radical (unpaired) electrons. The molecule has 0 spiro atoms. The topological polar surface area (TPSA) is 57.2 Å². The highest BCUT2D eigenvalue weighted by Gasteiger charge is 2.09. The standard InChI is InChI=1S/C49H83NO5/c1-5-7-9-11-13-15-17-19-21-23-25-27-29-31-33-35-39-52-47-42-46(45-55-49(51)54-41-37-38-50(3)4)43-48(44-47)53-40-36-34-32-30-28-26-24-22-20-18-16-14-12-10-8-6-2/h13-16,19-22,42-44H,5-12,17-18,23-41,45H2,1-4H3/b15-13-,16-14-,21-19-,22-20-. The largest absolute Gasteiger partial charge is 0.508 e. The summed E-state index contributed by atoms with van der Waals surface area (Å²) >= 11 is 0. The van der Waals surface area contributed by atoms with Crippen LogP contribution in [-0.4, -0.2) is 51.5 Å². The molecule has 0 heterocycles. The number of hydrogen-bond donors (Lipinski definition) is 0. The molecule has 6 nitrogen and oxygen atoms in total. The first-order chi connectivity index (χ1) is 27.0. The predicted molar refractivity (Wildman–Crippen MR) is 235 cm³/mol. The summed E-state index contributed by atoms with van der Waals surface area (Å²) in [4.78, 5) is 14.3. The average molecular weight is 766 g/mol. The zero-order chi connectivity index (χ0) is 39.7. The summed E-state index contributed by atoms with van der Waals surface area (Å²) in [5.41, 5.74) is 0.840. The van der Waals surface area contributed by atoms with E-state index in [9.17, 15) is 4.79 Å². The summed E-state index contributed by atoms with van der Waals surface area (Å²) in [6, 6.07) is 5.86. The molecule has 1 aromatic rings. The first-order valence-corrected chi connectivity index (χ1v) is 22.5. The molecule has 1 rings (SSSR count). The Morgan fingerprint density at radius 1 is 0.491 bits per heavy atom. The van der Waals surface area contributed by atoms with Crippen molar-refractivity contribution in [2.24, 2.45) is 0 Å². The number of unbranched alkanes of at least 4 members (excludes halogenated alkanes) is 18. The number of ether oxygens (including phenoxy) is 4. The molecule has 314 valence electrons. The molecular weight excluding hydrogens is 683 g/mol. The molecule has 0 aliphatic carbocycles. The fourth-order valence-electron chi connectivity index (χ4n) is 6.16. The first-order valence-electron chi connectivity index (χ1n) is 22.5. The van der Waals surface area contributed by atoms with E-state index >= 15 is 0 Å². The van der Waals surface area contributed by atoms with Gasteiger partial charge < -0.3 is 23.8 Å². The summed E-state index contributed by atoms with van der Waals surface area (Å²) in [6.45, 7) is 7.16. The van der Waals surface area contributed by atoms with Gasteiger partial charge in [-0.05, 0) is 115 Å². The Labute approximate surface area is 339 Å². The van der Waals surface area contributed by atoms with Gasteiger partial charge in [0.15, 0.2) is 0 Å². The minimum absolute atomic E-state index is 0.121. The normalized spacial score (nSPS) is 11.9. The van der Waals surface area contributed by atoms with Gasteiger partial charge in [-0.15, -0.1) is 0 Å². The maximum Gasteiger partial charge on any atom is 0.508 e. The van der Waals surface area contributed by atoms with Gasteiger partial charge in [-0.1, -0.05) is 140 Å². The minimum Gasteiger partial charge on any atom is -0.493 e. The Kier molecular flexibility index (Phi) is 35.7. The minimum atomic E-state index is -0.643. The second-order valence-electron chi connectivity index (χ2n) is 15.2. The molecule has 0 atom stereocenters. The van der Waals surface area contributed by atoms with Gasteiger partial charge in [-0.3, -0.25) is 0 Å². The molecule has 0 fully saturated rings. The van der Waals surface area contributed by atoms with Crippen molar-refractivity contribution < 1.29 is 23.7 Å². The van der Waals surface area contributed by atoms with E-state index in [0.29, 0.717) is 19.8 Å². The Balaban J connectivity index is 2.34. The molecule has 0 aromatic heterocycles. The number of carbonyl (C=O) groups excluding carboxylic acids is 1. The molecule has 0 aliphatic rings. The fourth-order valence-corrected chi connectivity index (χ4v) is 6.16. The van der Waals surface area contributed by atoms with Gasteiger partial charge in [0, 0.05) is 12.6 Å². The Hall–Kier alpha value is -2.99. The van der Waals surface area contributed by atoms with E-state index in [1.54, 1.807) is 0 Å². The van der Waals surface area contributed by atoms with Crippen molar-refractivity contribution in [3.8, 4) is 11.5 Å². The zero-order valence-electron chi connectivity index (χ0n) is 36.1. The van der Waals surface area contributed by atoms with Gasteiger partial charge >= 0.3 is 6.16 Å². The molecule has 0 bridgehead atoms. The highest BCUT2D eigenvalue weighted by molar-refractivity contribution is 5.60. The number of nitrogens with zero attached hydrogens (tertiary/aromatic N) is 1. The van der Waals surface area contributed by atoms with Crippen LogP contribution >= 0.6 is 0 Å². The lowest BCUT2D eigenvalue weighted by Crippen LogP contribution is -2.16. The molecule has 1 aromatic carbocycles. The Morgan fingerprint density at radius 2 is 0.909 bits per heavy atom. The monoisotopic (exact) mass is 766 g/mol. The van der Waals surface area contributed by atoms with Crippen molar-refractivity contribution in [1.82, 2.24) is 4.90 Å². The van der Waals surface area contributed by atoms with Crippen molar-refractivity contribution in [2.75, 3.05) is 40.5 Å². The molecule has 0 N–H and O–H groups in total. The second-order valence-corrected chi connectivity index (χ2v) is 15.2. The third-order valence-corrected chi connectivity index (χ3v) is 9.49. The lowest BCUT2D eigenvalue weighted by atomic mass is 10.1. The van der Waals surface area contributed by atoms with Crippen LogP contribution < -0.4 is 9.47 Å². The van der Waals surface area contributed by atoms with Gasteiger partial charge in [-0.25, -0.2) is 4.79 Å². The van der Waals surface area contributed by atoms with Crippen LogP contribution in [0.3, 0.4) is 0 Å². The molecule has 0 saturated carbocycles. The maximum atomic E-state index is 12.2. The van der Waals surface area contributed by atoms with E-state index < -0.39 is 6.16 Å². The predicted octanol–water partition coefficient (Wildman–Crippen LogP) is 14.7. The lowest BCUT2D eigenvalue weighted by molar-refractivity contribution is 0.0479. The van der Waals surface area contributed by atoms with Crippen LogP contribution in [0.5, 0.6) is 11.5 Å². The van der Waals surface area contributed by atoms with Crippen LogP contribution in [-0.2, 0) is 16.1 Å². The summed E-state index contributed by atoms with van der Waals surface area (Å²) in [7, 11) is 4.00. The molecule has 0 aliphatic heterocycles. The van der Waals surface area contributed by atoms with E-state index in [0.717, 1.165) is 68.6 Å². The van der Waals surface area contributed by atoms with E-state index in [2.05, 4.69) is 67.4 Å². The average Bonchev–Trinajstić information content (AvgIpc) is 3.18. The van der Waals surface area contributed by atoms with E-state index in [1.165, 1.54) is 116 Å². The number of rotatable bonds is 38. The molecule has 0 unspecified atom stereocenters. The molecule has 6 heteroatoms. The van der Waals surface area contributed by atoms with Crippen LogP contribution in [0, 0.1) is 0 Å². The summed E-state index contributed by atoms with van der Waals surface area (Å²) in [5, 5.41) is 0. The first kappa shape index (κ1) is 50.0. The van der Waals surface area contributed by atoms with Crippen LogP contribution in [0.15, 0.2) is 66.8 Å². The number of benzene rings is 1. The Bertz CT molecular complexity index is 1060. The van der Waals surface area contributed by atoms with Crippen LogP contribution in [0.4, 0.5) is 4.79 Å². The van der Waals surface area contributed by atoms with Crippen molar-refractivity contribution in [3.63, 3.8) is 0 Å². The molecule has 55 heavy (non-hydrogen) atoms. The van der Waals surface area contributed by atoms with Crippen LogP contribution in [0.1, 0.15) is 180 Å². The number of allylic oxidation sites excluding steroid dienone is 8. The second kappa shape index (κ2) is 39.3. The van der Waals surface area contributed by atoms with Gasteiger partial charge in [0.25, 0.3) is 0 Å². The third kappa shape index (κ3) is 35.2. The van der Waals surface area contributed by atoms with Gasteiger partial charge in [0.2, 0.25) is 0 Å². The third-order valence-electron chi connectivity index (χ3n) is 9.49. The smallest absolute Gasteiger partial charge is 0.493 e. The highest BCUT2D eigenvalue weighted by atomic mass is 16.7. The van der Waals surface area contributed by atoms with Gasteiger partial charge in [0.05, 0.1) is 19.8 Å². The lowest BCUT2D eigenvalue weighted by Gasteiger charge is -2.13. The number of carbonyl (C=O) groups is 1. The quantitative estimate of drug-likeness (QED) is 0.0380. The van der Waals surface area contributed by atoms with E-state index in [1.807, 2.05) is 32.3 Å². The fraction of sp³-hybridized carbons (Fsp3) is 0.694. The van der Waals surface area contributed by atoms with Crippen LogP contribution in [0.25, 0.3) is 0 Å². The van der Waals surface area contributed by atoms with Crippen LogP contribution in [0.2, 0.25) is 0 Å². The zero-order valence-corrected chi connectivity index (χ0v) is 36.1. The molecule has 0 saturated heterocycles. The van der Waals surface area contributed by atoms with Crippen molar-refractivity contribution in [3.05, 3.63) is 72.4 Å². The summed E-state index contributed by atoms with van der Waals surface area (Å²) in [5.74, 6) is 1.52. The van der Waals surface area contributed by atoms with Crippen molar-refractivity contribution in [1.29, 1.82) is 0 Å². The van der Waals surface area contributed by atoms with Gasteiger partial charge in [-0.2, -0.15) is 0 Å². The molecular formula is C49H83NO5. The maximum absolute atomic E-state index is 12.2. The SMILES string of the molecule is CCCCC/C=C\C/C=C\CCCCCCCCOc1cc(COC(=O)OCCCN(C)C)cc(OCCCCCCCC/C=C\C/C=C\CCCCC)c1. The summed E-state index contributed by atoms with van der Waals surface area (Å²) in [6.07, 6.45) is 48.0. The van der Waals surface area contributed by atoms with E-state index in [-0.39, 0.29) is 6.61 Å². The van der Waals surface area contributed by atoms with E-state index in [4.69, 9.17) is 18.9 Å². The summed E-state index contributed by atoms with van der Waals surface area (Å²) < 4.78 is 23.0. The van der Waals surface area contributed by atoms with Crippen molar-refractivity contribution >= 4 is 6.16 Å². The Morgan fingerprint density at radius 3 is 1.35 bits per heavy atom. The number of hydrogen-bond acceptors (Lipinski definition) is 6.